The summed E-state index contributed by atoms with van der Waals surface area (Å²) in [4.78, 5) is 27.4. The number of carbonyl (C=O) groups is 2. The van der Waals surface area contributed by atoms with E-state index >= 15 is 0 Å². The molecule has 1 fully saturated rings. The zero-order valence-corrected chi connectivity index (χ0v) is 15.6. The number of hydrogen-bond acceptors (Lipinski definition) is 5. The molecule has 2 aromatic rings. The van der Waals surface area contributed by atoms with Crippen LogP contribution in [0.2, 0.25) is 0 Å². The van der Waals surface area contributed by atoms with Gasteiger partial charge in [-0.05, 0) is 31.4 Å². The SMILES string of the molecule is COCC1CCCN1NC(=O)C(C)(Cc1c[nH]c2ccccc12)NC(=O)[O-]. The second kappa shape index (κ2) is 7.98. The first-order valence-electron chi connectivity index (χ1n) is 9.04. The van der Waals surface area contributed by atoms with Gasteiger partial charge >= 0.3 is 0 Å². The predicted octanol–water partition coefficient (Wildman–Crippen LogP) is 0.544. The fourth-order valence-corrected chi connectivity index (χ4v) is 3.67. The Hall–Kier alpha value is -2.58. The highest BCUT2D eigenvalue weighted by molar-refractivity contribution is 5.90. The quantitative estimate of drug-likeness (QED) is 0.656. The van der Waals surface area contributed by atoms with E-state index in [2.05, 4.69) is 15.7 Å². The molecule has 0 saturated carbocycles. The standard InChI is InChI=1S/C19H26N4O4/c1-19(21-18(25)26,10-13-11-20-16-8-4-3-7-15(13)16)17(24)22-23-9-5-6-14(23)12-27-2/h3-4,7-8,11,14,20-21H,5-6,9-10,12H2,1-2H3,(H,22,24)(H,25,26)/p-1. The van der Waals surface area contributed by atoms with Crippen LogP contribution >= 0.6 is 0 Å². The predicted molar refractivity (Wildman–Crippen MR) is 98.7 cm³/mol. The first kappa shape index (κ1) is 19.2. The van der Waals surface area contributed by atoms with E-state index in [1.165, 1.54) is 0 Å². The van der Waals surface area contributed by atoms with E-state index in [1.807, 2.05) is 29.3 Å². The molecule has 1 aromatic carbocycles. The average Bonchev–Trinajstić information content (AvgIpc) is 3.22. The first-order chi connectivity index (χ1) is 12.9. The van der Waals surface area contributed by atoms with E-state index in [9.17, 15) is 14.7 Å². The summed E-state index contributed by atoms with van der Waals surface area (Å²) >= 11 is 0. The van der Waals surface area contributed by atoms with E-state index in [0.717, 1.165) is 29.3 Å². The Labute approximate surface area is 157 Å². The highest BCUT2D eigenvalue weighted by Gasteiger charge is 2.37. The van der Waals surface area contributed by atoms with Gasteiger partial charge < -0.3 is 24.9 Å². The van der Waals surface area contributed by atoms with Crippen molar-refractivity contribution in [1.29, 1.82) is 0 Å². The zero-order chi connectivity index (χ0) is 19.4. The van der Waals surface area contributed by atoms with Gasteiger partial charge in [0.05, 0.1) is 12.6 Å². The third-order valence-corrected chi connectivity index (χ3v) is 5.08. The Balaban J connectivity index is 1.81. The van der Waals surface area contributed by atoms with Gasteiger partial charge in [0, 0.05) is 37.2 Å². The number of nitrogens with zero attached hydrogens (tertiary/aromatic N) is 1. The number of H-pyrrole nitrogens is 1. The lowest BCUT2D eigenvalue weighted by Gasteiger charge is -2.34. The van der Waals surface area contributed by atoms with E-state index in [0.29, 0.717) is 13.2 Å². The number of rotatable bonds is 7. The summed E-state index contributed by atoms with van der Waals surface area (Å²) in [6, 6.07) is 7.77. The summed E-state index contributed by atoms with van der Waals surface area (Å²) in [5.74, 6) is -0.417. The van der Waals surface area contributed by atoms with Crippen LogP contribution < -0.4 is 15.8 Å². The van der Waals surface area contributed by atoms with E-state index in [4.69, 9.17) is 4.74 Å². The van der Waals surface area contributed by atoms with E-state index < -0.39 is 17.5 Å². The molecule has 3 N–H and O–H groups in total. The molecule has 146 valence electrons. The van der Waals surface area contributed by atoms with Gasteiger partial charge in [0.2, 0.25) is 0 Å². The number of hydrazine groups is 1. The molecule has 1 saturated heterocycles. The molecule has 2 atom stereocenters. The normalized spacial score (nSPS) is 19.7. The maximum Gasteiger partial charge on any atom is 0.260 e. The van der Waals surface area contributed by atoms with Gasteiger partial charge in [-0.15, -0.1) is 0 Å². The fourth-order valence-electron chi connectivity index (χ4n) is 3.67. The van der Waals surface area contributed by atoms with Crippen molar-refractivity contribution in [3.8, 4) is 0 Å². The van der Waals surface area contributed by atoms with E-state index in [1.54, 1.807) is 20.2 Å². The van der Waals surface area contributed by atoms with Crippen LogP contribution in [-0.4, -0.2) is 53.8 Å². The molecule has 0 aliphatic carbocycles. The minimum atomic E-state index is -1.48. The second-order valence-corrected chi connectivity index (χ2v) is 7.17. The van der Waals surface area contributed by atoms with Crippen LogP contribution in [0.5, 0.6) is 0 Å². The van der Waals surface area contributed by atoms with Crippen molar-refractivity contribution in [1.82, 2.24) is 20.7 Å². The lowest BCUT2D eigenvalue weighted by atomic mass is 9.91. The molecule has 0 bridgehead atoms. The molecular weight excluding hydrogens is 348 g/mol. The van der Waals surface area contributed by atoms with Gasteiger partial charge in [0.15, 0.2) is 0 Å². The van der Waals surface area contributed by atoms with Crippen molar-refractivity contribution >= 4 is 22.9 Å². The van der Waals surface area contributed by atoms with Gasteiger partial charge in [0.1, 0.15) is 11.6 Å². The number of benzene rings is 1. The topological polar surface area (TPSA) is 110 Å². The van der Waals surface area contributed by atoms with Crippen LogP contribution in [0.3, 0.4) is 0 Å². The van der Waals surface area contributed by atoms with Gasteiger partial charge in [0.25, 0.3) is 5.91 Å². The number of para-hydroxylation sites is 1. The number of amides is 2. The average molecular weight is 373 g/mol. The number of ether oxygens (including phenoxy) is 1. The van der Waals surface area contributed by atoms with Crippen molar-refractivity contribution in [3.63, 3.8) is 0 Å². The summed E-state index contributed by atoms with van der Waals surface area (Å²) in [5, 5.41) is 16.4. The molecule has 0 spiro atoms. The molecule has 3 rings (SSSR count). The molecule has 8 nitrogen and oxygen atoms in total. The highest BCUT2D eigenvalue weighted by atomic mass is 16.5. The van der Waals surface area contributed by atoms with Crippen molar-refractivity contribution in [2.24, 2.45) is 0 Å². The van der Waals surface area contributed by atoms with Crippen molar-refractivity contribution < 1.29 is 19.4 Å². The van der Waals surface area contributed by atoms with Crippen molar-refractivity contribution in [2.45, 2.75) is 37.8 Å². The molecule has 2 unspecified atom stereocenters. The summed E-state index contributed by atoms with van der Waals surface area (Å²) in [7, 11) is 1.62. The summed E-state index contributed by atoms with van der Waals surface area (Å²) in [6.07, 6.45) is 2.38. The Morgan fingerprint density at radius 1 is 1.41 bits per heavy atom. The number of carboxylic acid groups (broad SMARTS) is 1. The van der Waals surface area contributed by atoms with Crippen LogP contribution in [0.1, 0.15) is 25.3 Å². The van der Waals surface area contributed by atoms with Gasteiger partial charge in [-0.25, -0.2) is 5.01 Å². The molecule has 8 heteroatoms. The largest absolute Gasteiger partial charge is 0.530 e. The lowest BCUT2D eigenvalue weighted by molar-refractivity contribution is -0.253. The van der Waals surface area contributed by atoms with Crippen LogP contribution in [0.15, 0.2) is 30.5 Å². The number of aromatic amines is 1. The fraction of sp³-hybridized carbons (Fsp3) is 0.474. The number of nitrogens with one attached hydrogen (secondary N) is 3. The van der Waals surface area contributed by atoms with E-state index in [-0.39, 0.29) is 12.5 Å². The molecule has 1 aliphatic rings. The molecular formula is C19H25N4O4-. The Morgan fingerprint density at radius 3 is 2.93 bits per heavy atom. The number of carbonyl (C=O) groups excluding carboxylic acids is 2. The maximum absolute atomic E-state index is 13.0. The first-order valence-corrected chi connectivity index (χ1v) is 9.04. The van der Waals surface area contributed by atoms with Crippen molar-refractivity contribution in [3.05, 3.63) is 36.0 Å². The third-order valence-electron chi connectivity index (χ3n) is 5.08. The van der Waals surface area contributed by atoms with Gasteiger partial charge in [-0.1, -0.05) is 18.2 Å². The molecule has 2 amide bonds. The minimum absolute atomic E-state index is 0.0826. The second-order valence-electron chi connectivity index (χ2n) is 7.17. The maximum atomic E-state index is 13.0. The Kier molecular flexibility index (Phi) is 5.67. The van der Waals surface area contributed by atoms with Crippen LogP contribution in [-0.2, 0) is 16.0 Å². The van der Waals surface area contributed by atoms with Gasteiger partial charge in [-0.2, -0.15) is 0 Å². The summed E-state index contributed by atoms with van der Waals surface area (Å²) in [5.41, 5.74) is 3.29. The minimum Gasteiger partial charge on any atom is -0.530 e. The van der Waals surface area contributed by atoms with Crippen LogP contribution in [0.4, 0.5) is 4.79 Å². The summed E-state index contributed by atoms with van der Waals surface area (Å²) in [6.45, 7) is 2.78. The third kappa shape index (κ3) is 4.23. The van der Waals surface area contributed by atoms with Crippen molar-refractivity contribution in [2.75, 3.05) is 20.3 Å². The number of hydrogen-bond donors (Lipinski definition) is 3. The smallest absolute Gasteiger partial charge is 0.260 e. The number of aromatic nitrogens is 1. The van der Waals surface area contributed by atoms with Crippen LogP contribution in [0.25, 0.3) is 10.9 Å². The zero-order valence-electron chi connectivity index (χ0n) is 15.6. The Bertz CT molecular complexity index is 821. The number of fused-ring (bicyclic) bond motifs is 1. The number of methoxy groups -OCH3 is 1. The monoisotopic (exact) mass is 373 g/mol. The van der Waals surface area contributed by atoms with Gasteiger partial charge in [-0.3, -0.25) is 10.2 Å². The Morgan fingerprint density at radius 2 is 2.19 bits per heavy atom. The molecule has 2 heterocycles. The lowest BCUT2D eigenvalue weighted by Crippen LogP contribution is -2.63. The molecule has 0 radical (unpaired) electrons. The molecule has 1 aliphatic heterocycles. The van der Waals surface area contributed by atoms with Crippen LogP contribution in [0, 0.1) is 0 Å². The molecule has 27 heavy (non-hydrogen) atoms. The molecule has 1 aromatic heterocycles. The summed E-state index contributed by atoms with van der Waals surface area (Å²) < 4.78 is 5.20. The highest BCUT2D eigenvalue weighted by Crippen LogP contribution is 2.23.